The van der Waals surface area contributed by atoms with E-state index in [1.807, 2.05) is 6.07 Å². The second-order valence-electron chi connectivity index (χ2n) is 6.19. The van der Waals surface area contributed by atoms with E-state index < -0.39 is 0 Å². The molecule has 140 valence electrons. The topological polar surface area (TPSA) is 97.1 Å². The monoisotopic (exact) mass is 394 g/mol. The van der Waals surface area contributed by atoms with Crippen LogP contribution in [0.15, 0.2) is 29.6 Å². The number of halogens is 1. The Labute approximate surface area is 163 Å². The Hall–Kier alpha value is -1.96. The molecule has 2 aromatic rings. The number of hydrogen-bond donors (Lipinski definition) is 3. The minimum Gasteiger partial charge on any atom is -0.326 e. The number of anilines is 2. The summed E-state index contributed by atoms with van der Waals surface area (Å²) in [5, 5.41) is 8.17. The molecule has 1 heterocycles. The van der Waals surface area contributed by atoms with Crippen LogP contribution in [0.1, 0.15) is 47.6 Å². The predicted octanol–water partition coefficient (Wildman–Crippen LogP) is 3.79. The Balaban J connectivity index is 0.00000243. The molecule has 0 atom stereocenters. The highest BCUT2D eigenvalue weighted by atomic mass is 35.5. The van der Waals surface area contributed by atoms with E-state index in [9.17, 15) is 9.59 Å². The molecule has 6 nitrogen and oxygen atoms in total. The number of hydrogen-bond acceptors (Lipinski definition) is 5. The summed E-state index contributed by atoms with van der Waals surface area (Å²) in [5.74, 6) is -0.126. The highest BCUT2D eigenvalue weighted by Crippen LogP contribution is 2.25. The van der Waals surface area contributed by atoms with E-state index in [1.54, 1.807) is 23.6 Å². The highest BCUT2D eigenvalue weighted by Gasteiger charge is 2.21. The largest absolute Gasteiger partial charge is 0.326 e. The van der Waals surface area contributed by atoms with Crippen molar-refractivity contribution in [2.24, 2.45) is 11.7 Å². The van der Waals surface area contributed by atoms with Gasteiger partial charge >= 0.3 is 0 Å². The third-order valence-corrected chi connectivity index (χ3v) is 5.19. The first-order valence-electron chi connectivity index (χ1n) is 8.52. The van der Waals surface area contributed by atoms with Crippen molar-refractivity contribution in [3.8, 4) is 0 Å². The molecule has 26 heavy (non-hydrogen) atoms. The molecule has 0 unspecified atom stereocenters. The number of benzene rings is 1. The van der Waals surface area contributed by atoms with E-state index in [-0.39, 0.29) is 30.1 Å². The maximum atomic E-state index is 12.3. The molecule has 0 saturated heterocycles. The van der Waals surface area contributed by atoms with Gasteiger partial charge in [0.15, 0.2) is 0 Å². The van der Waals surface area contributed by atoms with Gasteiger partial charge in [0.2, 0.25) is 5.91 Å². The molecular weight excluding hydrogens is 372 g/mol. The van der Waals surface area contributed by atoms with Gasteiger partial charge in [0, 0.05) is 29.2 Å². The molecule has 1 aromatic carbocycles. The fourth-order valence-electron chi connectivity index (χ4n) is 2.99. The summed E-state index contributed by atoms with van der Waals surface area (Å²) >= 11 is 1.36. The number of aromatic nitrogens is 1. The van der Waals surface area contributed by atoms with E-state index in [1.165, 1.54) is 17.8 Å². The van der Waals surface area contributed by atoms with Gasteiger partial charge in [-0.15, -0.1) is 23.7 Å². The highest BCUT2D eigenvalue weighted by molar-refractivity contribution is 7.09. The zero-order chi connectivity index (χ0) is 17.6. The van der Waals surface area contributed by atoms with Gasteiger partial charge in [0.25, 0.3) is 5.91 Å². The first-order valence-corrected chi connectivity index (χ1v) is 9.40. The average molecular weight is 395 g/mol. The minimum atomic E-state index is -0.285. The lowest BCUT2D eigenvalue weighted by molar-refractivity contribution is -0.120. The number of carbonyl (C=O) groups is 2. The maximum absolute atomic E-state index is 12.3. The van der Waals surface area contributed by atoms with Crippen molar-refractivity contribution in [3.05, 3.63) is 40.3 Å². The molecule has 0 bridgehead atoms. The van der Waals surface area contributed by atoms with Gasteiger partial charge in [-0.25, -0.2) is 4.98 Å². The average Bonchev–Trinajstić information content (AvgIpc) is 3.12. The van der Waals surface area contributed by atoms with Crippen molar-refractivity contribution < 1.29 is 9.59 Å². The molecule has 1 aliphatic carbocycles. The van der Waals surface area contributed by atoms with Gasteiger partial charge in [-0.05, 0) is 31.0 Å². The summed E-state index contributed by atoms with van der Waals surface area (Å²) in [6.45, 7) is 0.320. The maximum Gasteiger partial charge on any atom is 0.275 e. The van der Waals surface area contributed by atoms with Crippen LogP contribution in [-0.2, 0) is 11.3 Å². The van der Waals surface area contributed by atoms with Gasteiger partial charge < -0.3 is 16.4 Å². The molecular formula is C18H23ClN4O2S. The predicted molar refractivity (Wildman–Crippen MR) is 107 cm³/mol. The number of thiazole rings is 1. The van der Waals surface area contributed by atoms with Gasteiger partial charge in [-0.1, -0.05) is 25.3 Å². The Morgan fingerprint density at radius 1 is 1.15 bits per heavy atom. The van der Waals surface area contributed by atoms with Gasteiger partial charge in [-0.2, -0.15) is 0 Å². The van der Waals surface area contributed by atoms with Crippen LogP contribution >= 0.6 is 23.7 Å². The number of amides is 2. The lowest BCUT2D eigenvalue weighted by Gasteiger charge is -2.20. The Bertz CT molecular complexity index is 759. The molecule has 1 fully saturated rings. The normalized spacial score (nSPS) is 14.3. The van der Waals surface area contributed by atoms with Crippen LogP contribution in [0.3, 0.4) is 0 Å². The van der Waals surface area contributed by atoms with Crippen LogP contribution in [0.5, 0.6) is 0 Å². The van der Waals surface area contributed by atoms with E-state index in [2.05, 4.69) is 15.6 Å². The zero-order valence-corrected chi connectivity index (χ0v) is 16.0. The molecule has 0 radical (unpaired) electrons. The Morgan fingerprint density at radius 2 is 1.85 bits per heavy atom. The summed E-state index contributed by atoms with van der Waals surface area (Å²) in [7, 11) is 0. The van der Waals surface area contributed by atoms with Gasteiger partial charge in [0.05, 0.1) is 0 Å². The summed E-state index contributed by atoms with van der Waals surface area (Å²) in [5.41, 5.74) is 7.18. The molecule has 3 rings (SSSR count). The van der Waals surface area contributed by atoms with Crippen LogP contribution in [0.2, 0.25) is 0 Å². The number of nitrogens with zero attached hydrogens (tertiary/aromatic N) is 1. The van der Waals surface area contributed by atoms with Crippen LogP contribution in [-0.4, -0.2) is 16.8 Å². The number of rotatable bonds is 5. The van der Waals surface area contributed by atoms with Gasteiger partial charge in [-0.3, -0.25) is 9.59 Å². The molecule has 4 N–H and O–H groups in total. The number of carbonyl (C=O) groups excluding carboxylic acids is 2. The van der Waals surface area contributed by atoms with Crippen molar-refractivity contribution in [2.75, 3.05) is 10.6 Å². The van der Waals surface area contributed by atoms with Gasteiger partial charge in [0.1, 0.15) is 10.7 Å². The molecule has 1 aliphatic rings. The second-order valence-corrected chi connectivity index (χ2v) is 7.13. The minimum absolute atomic E-state index is 0. The quantitative estimate of drug-likeness (QED) is 0.718. The van der Waals surface area contributed by atoms with Crippen molar-refractivity contribution in [3.63, 3.8) is 0 Å². The summed E-state index contributed by atoms with van der Waals surface area (Å²) < 4.78 is 0. The van der Waals surface area contributed by atoms with E-state index in [0.717, 1.165) is 30.7 Å². The first kappa shape index (κ1) is 20.4. The standard InChI is InChI=1S/C18H22N4O2S.ClH/c19-10-16-22-15(11-25-16)18(24)21-14-8-4-7-13(9-14)20-17(23)12-5-2-1-3-6-12;/h4,7-9,11-12H,1-3,5-6,10,19H2,(H,20,23)(H,21,24);1H. The van der Waals surface area contributed by atoms with E-state index >= 15 is 0 Å². The van der Waals surface area contributed by atoms with Crippen LogP contribution in [0.4, 0.5) is 11.4 Å². The second kappa shape index (κ2) is 9.66. The summed E-state index contributed by atoms with van der Waals surface area (Å²) in [6.07, 6.45) is 5.36. The van der Waals surface area contributed by atoms with Crippen molar-refractivity contribution >= 4 is 46.9 Å². The Morgan fingerprint density at radius 3 is 2.50 bits per heavy atom. The Kier molecular flexibility index (Phi) is 7.56. The molecule has 0 spiro atoms. The van der Waals surface area contributed by atoms with Crippen LogP contribution < -0.4 is 16.4 Å². The molecule has 1 aromatic heterocycles. The first-order chi connectivity index (χ1) is 12.2. The molecule has 2 amide bonds. The summed E-state index contributed by atoms with van der Waals surface area (Å²) in [6, 6.07) is 7.17. The SMILES string of the molecule is Cl.NCc1nc(C(=O)Nc2cccc(NC(=O)C3CCCCC3)c2)cs1. The smallest absolute Gasteiger partial charge is 0.275 e. The fourth-order valence-corrected chi connectivity index (χ4v) is 3.64. The fraction of sp³-hybridized carbons (Fsp3) is 0.389. The lowest BCUT2D eigenvalue weighted by Crippen LogP contribution is -2.24. The third kappa shape index (κ3) is 5.27. The summed E-state index contributed by atoms with van der Waals surface area (Å²) in [4.78, 5) is 28.7. The number of nitrogens with one attached hydrogen (secondary N) is 2. The van der Waals surface area contributed by atoms with E-state index in [0.29, 0.717) is 23.6 Å². The van der Waals surface area contributed by atoms with Crippen molar-refractivity contribution in [1.29, 1.82) is 0 Å². The van der Waals surface area contributed by atoms with Crippen molar-refractivity contribution in [1.82, 2.24) is 4.98 Å². The number of nitrogens with two attached hydrogens (primary N) is 1. The third-order valence-electron chi connectivity index (χ3n) is 4.32. The molecule has 1 saturated carbocycles. The lowest BCUT2D eigenvalue weighted by atomic mass is 9.88. The van der Waals surface area contributed by atoms with E-state index in [4.69, 9.17) is 5.73 Å². The van der Waals surface area contributed by atoms with Crippen molar-refractivity contribution in [2.45, 2.75) is 38.6 Å². The molecule has 0 aliphatic heterocycles. The molecule has 8 heteroatoms. The zero-order valence-electron chi connectivity index (χ0n) is 14.4. The van der Waals surface area contributed by atoms with Crippen LogP contribution in [0, 0.1) is 5.92 Å². The van der Waals surface area contributed by atoms with Crippen LogP contribution in [0.25, 0.3) is 0 Å².